The molecule has 2 N–H and O–H groups in total. The van der Waals surface area contributed by atoms with Crippen LogP contribution in [0.15, 0.2) is 4.42 Å². The molecule has 1 aromatic rings. The van der Waals surface area contributed by atoms with Gasteiger partial charge in [0.15, 0.2) is 0 Å². The van der Waals surface area contributed by atoms with Gasteiger partial charge in [0.2, 0.25) is 11.8 Å². The summed E-state index contributed by atoms with van der Waals surface area (Å²) in [6, 6.07) is 0. The molecule has 0 saturated carbocycles. The lowest BCUT2D eigenvalue weighted by Crippen LogP contribution is -2.02. The van der Waals surface area contributed by atoms with E-state index in [0.717, 1.165) is 0 Å². The normalized spacial score (nSPS) is 10.6. The zero-order valence-corrected chi connectivity index (χ0v) is 7.82. The number of rotatable bonds is 6. The molecule has 0 saturated heterocycles. The lowest BCUT2D eigenvalue weighted by Gasteiger charge is -1.95. The zero-order chi connectivity index (χ0) is 9.52. The van der Waals surface area contributed by atoms with Crippen LogP contribution in [0.1, 0.15) is 18.7 Å². The highest BCUT2D eigenvalue weighted by Gasteiger charge is 2.04. The second-order valence-electron chi connectivity index (χ2n) is 2.58. The first-order valence-electron chi connectivity index (χ1n) is 4.46. The van der Waals surface area contributed by atoms with Gasteiger partial charge in [0, 0.05) is 26.0 Å². The fraction of sp³-hybridized carbons (Fsp3) is 0.750. The van der Waals surface area contributed by atoms with E-state index in [1.165, 1.54) is 0 Å². The van der Waals surface area contributed by atoms with Gasteiger partial charge in [0.05, 0.1) is 6.61 Å². The Hall–Kier alpha value is -0.940. The molecule has 5 nitrogen and oxygen atoms in total. The average Bonchev–Trinajstić information content (AvgIpc) is 2.54. The van der Waals surface area contributed by atoms with E-state index in [1.54, 1.807) is 0 Å². The first-order valence-corrected chi connectivity index (χ1v) is 4.46. The van der Waals surface area contributed by atoms with Gasteiger partial charge in [-0.25, -0.2) is 0 Å². The lowest BCUT2D eigenvalue weighted by molar-refractivity contribution is 0.145. The molecular weight excluding hydrogens is 170 g/mol. The number of ether oxygens (including phenoxy) is 1. The van der Waals surface area contributed by atoms with Crippen LogP contribution in [0.4, 0.5) is 0 Å². The van der Waals surface area contributed by atoms with Gasteiger partial charge in [-0.1, -0.05) is 0 Å². The van der Waals surface area contributed by atoms with Gasteiger partial charge >= 0.3 is 0 Å². The number of hydrogen-bond donors (Lipinski definition) is 1. The molecule has 0 aromatic carbocycles. The maximum absolute atomic E-state index is 5.34. The average molecular weight is 185 g/mol. The molecule has 0 bridgehead atoms. The molecular formula is C8H15N3O2. The summed E-state index contributed by atoms with van der Waals surface area (Å²) in [4.78, 5) is 0. The Morgan fingerprint density at radius 3 is 2.62 bits per heavy atom. The summed E-state index contributed by atoms with van der Waals surface area (Å²) in [6.45, 7) is 3.82. The number of hydrogen-bond acceptors (Lipinski definition) is 5. The molecule has 0 amide bonds. The topological polar surface area (TPSA) is 74.2 Å². The minimum atomic E-state index is 0.535. The summed E-state index contributed by atoms with van der Waals surface area (Å²) in [5.74, 6) is 1.23. The number of nitrogens with two attached hydrogens (primary N) is 1. The van der Waals surface area contributed by atoms with Crippen LogP contribution in [0.25, 0.3) is 0 Å². The molecule has 0 spiro atoms. The highest BCUT2D eigenvalue weighted by Crippen LogP contribution is 2.00. The molecule has 0 atom stereocenters. The largest absolute Gasteiger partial charge is 0.425 e. The van der Waals surface area contributed by atoms with Crippen molar-refractivity contribution in [3.8, 4) is 0 Å². The third-order valence-electron chi connectivity index (χ3n) is 1.53. The third-order valence-corrected chi connectivity index (χ3v) is 1.53. The van der Waals surface area contributed by atoms with Crippen LogP contribution in [-0.2, 0) is 17.6 Å². The molecule has 74 valence electrons. The number of nitrogens with zero attached hydrogens (tertiary/aromatic N) is 2. The Kier molecular flexibility index (Phi) is 4.42. The first kappa shape index (κ1) is 10.1. The maximum atomic E-state index is 5.34. The molecule has 1 rings (SSSR count). The molecule has 1 aromatic heterocycles. The van der Waals surface area contributed by atoms with Gasteiger partial charge < -0.3 is 14.9 Å². The monoisotopic (exact) mass is 185 g/mol. The Balaban J connectivity index is 2.31. The highest BCUT2D eigenvalue weighted by atomic mass is 16.5. The van der Waals surface area contributed by atoms with Crippen LogP contribution >= 0.6 is 0 Å². The van der Waals surface area contributed by atoms with E-state index >= 15 is 0 Å². The van der Waals surface area contributed by atoms with Crippen molar-refractivity contribution in [2.24, 2.45) is 5.73 Å². The van der Waals surface area contributed by atoms with Crippen molar-refractivity contribution in [1.82, 2.24) is 10.2 Å². The van der Waals surface area contributed by atoms with Crippen LogP contribution in [0.5, 0.6) is 0 Å². The van der Waals surface area contributed by atoms with E-state index in [-0.39, 0.29) is 0 Å². The van der Waals surface area contributed by atoms with Gasteiger partial charge in [-0.3, -0.25) is 0 Å². The van der Waals surface area contributed by atoms with Gasteiger partial charge in [-0.2, -0.15) is 0 Å². The van der Waals surface area contributed by atoms with Crippen molar-refractivity contribution < 1.29 is 9.15 Å². The van der Waals surface area contributed by atoms with Gasteiger partial charge in [0.1, 0.15) is 0 Å². The van der Waals surface area contributed by atoms with Crippen molar-refractivity contribution in [2.45, 2.75) is 19.8 Å². The number of aromatic nitrogens is 2. The second-order valence-corrected chi connectivity index (χ2v) is 2.58. The van der Waals surface area contributed by atoms with Crippen LogP contribution in [0.2, 0.25) is 0 Å². The minimum absolute atomic E-state index is 0.535. The second kappa shape index (κ2) is 5.66. The minimum Gasteiger partial charge on any atom is -0.425 e. The van der Waals surface area contributed by atoms with E-state index in [1.807, 2.05) is 6.92 Å². The summed E-state index contributed by atoms with van der Waals surface area (Å²) >= 11 is 0. The van der Waals surface area contributed by atoms with Crippen molar-refractivity contribution in [3.05, 3.63) is 11.8 Å². The Morgan fingerprint density at radius 2 is 2.00 bits per heavy atom. The van der Waals surface area contributed by atoms with E-state index < -0.39 is 0 Å². The predicted molar refractivity (Wildman–Crippen MR) is 47.3 cm³/mol. The first-order chi connectivity index (χ1) is 6.36. The summed E-state index contributed by atoms with van der Waals surface area (Å²) < 4.78 is 10.4. The summed E-state index contributed by atoms with van der Waals surface area (Å²) in [6.07, 6.45) is 1.31. The van der Waals surface area contributed by atoms with Crippen LogP contribution in [0.3, 0.4) is 0 Å². The van der Waals surface area contributed by atoms with Crippen molar-refractivity contribution in [1.29, 1.82) is 0 Å². The smallest absolute Gasteiger partial charge is 0.218 e. The Bertz CT molecular complexity index is 237. The molecule has 13 heavy (non-hydrogen) atoms. The van der Waals surface area contributed by atoms with Crippen LogP contribution < -0.4 is 5.73 Å². The van der Waals surface area contributed by atoms with E-state index in [2.05, 4.69) is 10.2 Å². The summed E-state index contributed by atoms with van der Waals surface area (Å²) in [5.41, 5.74) is 5.34. The Labute approximate surface area is 77.3 Å². The fourth-order valence-electron chi connectivity index (χ4n) is 0.918. The standard InChI is InChI=1S/C8H15N3O2/c1-2-12-6-4-8-11-10-7(13-8)3-5-9/h2-6,9H2,1H3. The van der Waals surface area contributed by atoms with Crippen molar-refractivity contribution in [2.75, 3.05) is 19.8 Å². The molecule has 0 aliphatic carbocycles. The van der Waals surface area contributed by atoms with Gasteiger partial charge in [0.25, 0.3) is 0 Å². The molecule has 0 aliphatic heterocycles. The van der Waals surface area contributed by atoms with Gasteiger partial charge in [-0.15, -0.1) is 10.2 Å². The highest BCUT2D eigenvalue weighted by molar-refractivity contribution is 4.82. The molecule has 5 heteroatoms. The van der Waals surface area contributed by atoms with Crippen molar-refractivity contribution in [3.63, 3.8) is 0 Å². The predicted octanol–water partition coefficient (Wildman–Crippen LogP) is 0.150. The SMILES string of the molecule is CCOCCc1nnc(CCN)o1. The fourth-order valence-corrected chi connectivity index (χ4v) is 0.918. The van der Waals surface area contributed by atoms with E-state index in [0.29, 0.717) is 44.4 Å². The molecule has 0 aliphatic rings. The summed E-state index contributed by atoms with van der Waals surface area (Å²) in [5, 5.41) is 7.69. The molecule has 0 unspecified atom stereocenters. The van der Waals surface area contributed by atoms with E-state index in [4.69, 9.17) is 14.9 Å². The Morgan fingerprint density at radius 1 is 1.31 bits per heavy atom. The van der Waals surface area contributed by atoms with Crippen LogP contribution in [-0.4, -0.2) is 30.0 Å². The third kappa shape index (κ3) is 3.52. The molecule has 1 heterocycles. The van der Waals surface area contributed by atoms with Gasteiger partial charge in [-0.05, 0) is 6.92 Å². The van der Waals surface area contributed by atoms with Crippen LogP contribution in [0, 0.1) is 0 Å². The quantitative estimate of drug-likeness (QED) is 0.638. The summed E-state index contributed by atoms with van der Waals surface area (Å²) in [7, 11) is 0. The molecule has 0 radical (unpaired) electrons. The molecule has 0 fully saturated rings. The van der Waals surface area contributed by atoms with E-state index in [9.17, 15) is 0 Å². The maximum Gasteiger partial charge on any atom is 0.218 e. The lowest BCUT2D eigenvalue weighted by atomic mass is 10.4. The zero-order valence-electron chi connectivity index (χ0n) is 7.82. The van der Waals surface area contributed by atoms with Crippen molar-refractivity contribution >= 4 is 0 Å².